The summed E-state index contributed by atoms with van der Waals surface area (Å²) >= 11 is 0. The Morgan fingerprint density at radius 1 is 0.720 bits per heavy atom. The first-order chi connectivity index (χ1) is 10.9. The zero-order valence-electron chi connectivity index (χ0n) is 11.5. The lowest BCUT2D eigenvalue weighted by Gasteiger charge is -2.15. The molecular formula is C9H5F9O6Si. The Morgan fingerprint density at radius 2 is 1.04 bits per heavy atom. The van der Waals surface area contributed by atoms with E-state index in [0.717, 1.165) is 0 Å². The molecule has 25 heavy (non-hydrogen) atoms. The third kappa shape index (κ3) is 8.41. The van der Waals surface area contributed by atoms with Gasteiger partial charge in [0.2, 0.25) is 0 Å². The van der Waals surface area contributed by atoms with Crippen molar-refractivity contribution in [3.05, 3.63) is 12.0 Å². The summed E-state index contributed by atoms with van der Waals surface area (Å²) in [5.41, 5.74) is -2.05. The monoisotopic (exact) mass is 408 g/mol. The second-order valence-corrected chi connectivity index (χ2v) is 5.01. The third-order valence-corrected chi connectivity index (χ3v) is 2.31. The van der Waals surface area contributed by atoms with E-state index in [-0.39, 0.29) is 6.08 Å². The van der Waals surface area contributed by atoms with E-state index in [0.29, 0.717) is 0 Å². The minimum Gasteiger partial charge on any atom is -0.456 e. The minimum absolute atomic E-state index is 0.136. The molecule has 0 aliphatic heterocycles. The van der Waals surface area contributed by atoms with E-state index in [1.54, 1.807) is 0 Å². The normalized spacial score (nSPS) is 13.6. The van der Waals surface area contributed by atoms with Gasteiger partial charge in [-0.05, 0) is 0 Å². The molecule has 1 unspecified atom stereocenters. The first-order valence-corrected chi connectivity index (χ1v) is 6.67. The number of alkyl halides is 9. The highest BCUT2D eigenvalue weighted by atomic mass is 28.1. The number of esters is 3. The Kier molecular flexibility index (Phi) is 7.05. The van der Waals surface area contributed by atoms with E-state index in [1.807, 2.05) is 0 Å². The lowest BCUT2D eigenvalue weighted by molar-refractivity contribution is -0.211. The third-order valence-electron chi connectivity index (χ3n) is 1.74. The number of carbonyl (C=O) groups excluding carboxylic acids is 3. The van der Waals surface area contributed by atoms with Gasteiger partial charge < -0.3 is 14.2 Å². The molecule has 0 radical (unpaired) electrons. The number of hydrogen-bond acceptors (Lipinski definition) is 6. The second-order valence-electron chi connectivity index (χ2n) is 3.87. The van der Waals surface area contributed by atoms with Gasteiger partial charge in [0, 0.05) is 6.08 Å². The van der Waals surface area contributed by atoms with Gasteiger partial charge in [0.25, 0.3) is 5.95 Å². The Balaban J connectivity index is 5.39. The molecule has 0 spiro atoms. The van der Waals surface area contributed by atoms with Gasteiger partial charge in [0.1, 0.15) is 5.73 Å². The lowest BCUT2D eigenvalue weighted by Crippen LogP contribution is -2.32. The SMILES string of the molecule is O=C(OC(=CC([SiH3])OC(=O)C(F)(F)F)OC(=O)C(F)(F)F)C(F)(F)F. The Bertz CT molecular complexity index is 531. The van der Waals surface area contributed by atoms with Crippen molar-refractivity contribution in [2.45, 2.75) is 24.3 Å². The van der Waals surface area contributed by atoms with Crippen LogP contribution in [-0.2, 0) is 28.6 Å². The second kappa shape index (κ2) is 7.75. The summed E-state index contributed by atoms with van der Waals surface area (Å²) in [5, 5.41) is 0. The molecule has 16 heteroatoms. The predicted molar refractivity (Wildman–Crippen MR) is 58.3 cm³/mol. The number of rotatable bonds is 4. The molecule has 1 atom stereocenters. The number of carbonyl (C=O) groups is 3. The molecule has 0 bridgehead atoms. The van der Waals surface area contributed by atoms with Crippen molar-refractivity contribution in [2.75, 3.05) is 0 Å². The number of hydrogen-bond donors (Lipinski definition) is 0. The van der Waals surface area contributed by atoms with Crippen LogP contribution in [0.3, 0.4) is 0 Å². The highest BCUT2D eigenvalue weighted by molar-refractivity contribution is 6.13. The lowest BCUT2D eigenvalue weighted by atomic mass is 10.5. The van der Waals surface area contributed by atoms with Crippen LogP contribution in [0, 0.1) is 0 Å². The van der Waals surface area contributed by atoms with Crippen LogP contribution in [0.15, 0.2) is 12.0 Å². The van der Waals surface area contributed by atoms with Gasteiger partial charge in [-0.3, -0.25) is 0 Å². The quantitative estimate of drug-likeness (QED) is 0.297. The van der Waals surface area contributed by atoms with Crippen LogP contribution in [0.1, 0.15) is 0 Å². The van der Waals surface area contributed by atoms with Crippen molar-refractivity contribution in [2.24, 2.45) is 0 Å². The van der Waals surface area contributed by atoms with Crippen LogP contribution >= 0.6 is 0 Å². The minimum atomic E-state index is -5.73. The van der Waals surface area contributed by atoms with Crippen molar-refractivity contribution in [3.63, 3.8) is 0 Å². The fourth-order valence-corrected chi connectivity index (χ4v) is 1.33. The maximum Gasteiger partial charge on any atom is 0.491 e. The van der Waals surface area contributed by atoms with Crippen LogP contribution in [0.2, 0.25) is 0 Å². The first kappa shape index (κ1) is 22.7. The maximum atomic E-state index is 12.0. The smallest absolute Gasteiger partial charge is 0.456 e. The summed E-state index contributed by atoms with van der Waals surface area (Å²) in [7, 11) is -0.617. The van der Waals surface area contributed by atoms with Crippen molar-refractivity contribution < 1.29 is 68.1 Å². The van der Waals surface area contributed by atoms with Gasteiger partial charge in [-0.25, -0.2) is 14.4 Å². The topological polar surface area (TPSA) is 78.9 Å². The Labute approximate surface area is 133 Å². The van der Waals surface area contributed by atoms with E-state index in [9.17, 15) is 53.9 Å². The largest absolute Gasteiger partial charge is 0.491 e. The van der Waals surface area contributed by atoms with Gasteiger partial charge in [0.05, 0.1) is 10.2 Å². The molecule has 144 valence electrons. The molecule has 0 rings (SSSR count). The molecule has 0 saturated heterocycles. The van der Waals surface area contributed by atoms with Crippen LogP contribution in [0.5, 0.6) is 0 Å². The van der Waals surface area contributed by atoms with Crippen molar-refractivity contribution in [3.8, 4) is 0 Å². The van der Waals surface area contributed by atoms with Gasteiger partial charge in [0.15, 0.2) is 0 Å². The number of ether oxygens (including phenoxy) is 3. The molecule has 0 aromatic carbocycles. The van der Waals surface area contributed by atoms with Gasteiger partial charge in [-0.2, -0.15) is 39.5 Å². The molecule has 0 aliphatic rings. The van der Waals surface area contributed by atoms with E-state index < -0.39 is 58.4 Å². The van der Waals surface area contributed by atoms with E-state index in [1.165, 1.54) is 0 Å². The number of halogens is 9. The van der Waals surface area contributed by atoms with Crippen LogP contribution in [-0.4, -0.2) is 52.4 Å². The fourth-order valence-electron chi connectivity index (χ4n) is 0.849. The van der Waals surface area contributed by atoms with Crippen molar-refractivity contribution in [1.29, 1.82) is 0 Å². The maximum absolute atomic E-state index is 12.0. The highest BCUT2D eigenvalue weighted by Crippen LogP contribution is 2.23. The van der Waals surface area contributed by atoms with E-state index in [4.69, 9.17) is 0 Å². The predicted octanol–water partition coefficient (Wildman–Crippen LogP) is 0.836. The van der Waals surface area contributed by atoms with Crippen LogP contribution in [0.25, 0.3) is 0 Å². The van der Waals surface area contributed by atoms with Crippen LogP contribution in [0.4, 0.5) is 39.5 Å². The summed E-state index contributed by atoms with van der Waals surface area (Å²) < 4.78 is 118. The van der Waals surface area contributed by atoms with E-state index in [2.05, 4.69) is 14.2 Å². The van der Waals surface area contributed by atoms with Gasteiger partial charge >= 0.3 is 36.4 Å². The van der Waals surface area contributed by atoms with Crippen LogP contribution < -0.4 is 0 Å². The zero-order chi connectivity index (χ0) is 20.2. The summed E-state index contributed by atoms with van der Waals surface area (Å²) in [5.74, 6) is -11.2. The molecule has 0 aliphatic carbocycles. The van der Waals surface area contributed by atoms with Crippen molar-refractivity contribution >= 4 is 28.2 Å². The average molecular weight is 408 g/mol. The van der Waals surface area contributed by atoms with Gasteiger partial charge in [-0.15, -0.1) is 0 Å². The Morgan fingerprint density at radius 3 is 1.32 bits per heavy atom. The molecule has 0 heterocycles. The first-order valence-electron chi connectivity index (χ1n) is 5.52. The molecule has 0 saturated carbocycles. The average Bonchev–Trinajstić information content (AvgIpc) is 2.34. The molecule has 0 fully saturated rings. The van der Waals surface area contributed by atoms with Gasteiger partial charge in [-0.1, -0.05) is 0 Å². The summed E-state index contributed by atoms with van der Waals surface area (Å²) in [6.07, 6.45) is -17.1. The molecule has 0 aromatic rings. The molecule has 0 aromatic heterocycles. The molecular weight excluding hydrogens is 403 g/mol. The molecule has 6 nitrogen and oxygen atoms in total. The zero-order valence-corrected chi connectivity index (χ0v) is 13.5. The molecule has 0 N–H and O–H groups in total. The van der Waals surface area contributed by atoms with Crippen molar-refractivity contribution in [1.82, 2.24) is 0 Å². The Hall–Kier alpha value is -2.26. The fraction of sp³-hybridized carbons (Fsp3) is 0.444. The summed E-state index contributed by atoms with van der Waals surface area (Å²) in [6, 6.07) is 0. The summed E-state index contributed by atoms with van der Waals surface area (Å²) in [6.45, 7) is 0. The standard InChI is InChI=1S/C9H5F9O6Si/c10-7(11,12)4(19)22-2(23-5(20)8(13,14)15)1-3(25)24-6(21)9(16,17)18/h1,3H,25H3. The summed E-state index contributed by atoms with van der Waals surface area (Å²) in [4.78, 5) is 31.6. The highest BCUT2D eigenvalue weighted by Gasteiger charge is 2.46. The van der Waals surface area contributed by atoms with E-state index >= 15 is 0 Å². The molecule has 0 amide bonds.